The SMILES string of the molecule is ClCCc1ccc2c(c1)C=CC2. The number of allylic oxidation sites excluding steroid dienone is 1. The first-order valence-corrected chi connectivity index (χ1v) is 4.78. The molecule has 1 heteroatoms. The molecule has 0 saturated heterocycles. The van der Waals surface area contributed by atoms with E-state index in [-0.39, 0.29) is 0 Å². The third-order valence-electron chi connectivity index (χ3n) is 2.23. The molecule has 0 saturated carbocycles. The summed E-state index contributed by atoms with van der Waals surface area (Å²) < 4.78 is 0. The van der Waals surface area contributed by atoms with Crippen molar-refractivity contribution in [3.8, 4) is 0 Å². The zero-order valence-electron chi connectivity index (χ0n) is 6.89. The van der Waals surface area contributed by atoms with Crippen molar-refractivity contribution in [1.82, 2.24) is 0 Å². The van der Waals surface area contributed by atoms with Crippen LogP contribution in [0.15, 0.2) is 24.3 Å². The molecule has 0 radical (unpaired) electrons. The molecule has 12 heavy (non-hydrogen) atoms. The molecule has 62 valence electrons. The Bertz CT molecular complexity index is 313. The summed E-state index contributed by atoms with van der Waals surface area (Å²) in [5.41, 5.74) is 4.15. The molecule has 1 aromatic rings. The molecule has 0 aliphatic heterocycles. The summed E-state index contributed by atoms with van der Waals surface area (Å²) in [6, 6.07) is 6.62. The molecule has 0 spiro atoms. The summed E-state index contributed by atoms with van der Waals surface area (Å²) in [6.45, 7) is 0. The number of benzene rings is 1. The minimum absolute atomic E-state index is 0.711. The molecule has 1 aliphatic rings. The van der Waals surface area contributed by atoms with E-state index >= 15 is 0 Å². The topological polar surface area (TPSA) is 0 Å². The highest BCUT2D eigenvalue weighted by atomic mass is 35.5. The smallest absolute Gasteiger partial charge is 0.0263 e. The summed E-state index contributed by atoms with van der Waals surface area (Å²) in [6.07, 6.45) is 6.46. The van der Waals surface area contributed by atoms with Gasteiger partial charge in [0.25, 0.3) is 0 Å². The van der Waals surface area contributed by atoms with Gasteiger partial charge in [0, 0.05) is 5.88 Å². The molecule has 1 aromatic carbocycles. The van der Waals surface area contributed by atoms with Crippen molar-refractivity contribution in [2.75, 3.05) is 5.88 Å². The summed E-state index contributed by atoms with van der Waals surface area (Å²) >= 11 is 5.67. The second-order valence-corrected chi connectivity index (χ2v) is 3.46. The van der Waals surface area contributed by atoms with Crippen molar-refractivity contribution in [2.24, 2.45) is 0 Å². The van der Waals surface area contributed by atoms with E-state index in [4.69, 9.17) is 11.6 Å². The maximum atomic E-state index is 5.67. The van der Waals surface area contributed by atoms with Crippen LogP contribution in [0.1, 0.15) is 16.7 Å². The van der Waals surface area contributed by atoms with Crippen LogP contribution >= 0.6 is 11.6 Å². The number of rotatable bonds is 2. The Morgan fingerprint density at radius 2 is 2.25 bits per heavy atom. The van der Waals surface area contributed by atoms with Crippen LogP contribution in [0, 0.1) is 0 Å². The van der Waals surface area contributed by atoms with Gasteiger partial charge in [-0.3, -0.25) is 0 Å². The van der Waals surface area contributed by atoms with Crippen LogP contribution in [0.2, 0.25) is 0 Å². The summed E-state index contributed by atoms with van der Waals surface area (Å²) in [4.78, 5) is 0. The Balaban J connectivity index is 2.31. The third-order valence-corrected chi connectivity index (χ3v) is 2.42. The second-order valence-electron chi connectivity index (χ2n) is 3.08. The normalized spacial score (nSPS) is 13.4. The lowest BCUT2D eigenvalue weighted by Crippen LogP contribution is -1.88. The van der Waals surface area contributed by atoms with Gasteiger partial charge in [0.1, 0.15) is 0 Å². The Hall–Kier alpha value is -0.750. The van der Waals surface area contributed by atoms with Gasteiger partial charge in [-0.1, -0.05) is 30.4 Å². The Morgan fingerprint density at radius 1 is 1.33 bits per heavy atom. The molecule has 0 heterocycles. The van der Waals surface area contributed by atoms with Gasteiger partial charge in [-0.2, -0.15) is 0 Å². The van der Waals surface area contributed by atoms with Crippen molar-refractivity contribution in [3.63, 3.8) is 0 Å². The first kappa shape index (κ1) is 7.88. The predicted octanol–water partition coefficient (Wildman–Crippen LogP) is 3.04. The Labute approximate surface area is 77.9 Å². The fourth-order valence-electron chi connectivity index (χ4n) is 1.56. The highest BCUT2D eigenvalue weighted by Crippen LogP contribution is 2.20. The van der Waals surface area contributed by atoms with E-state index in [1.807, 2.05) is 0 Å². The van der Waals surface area contributed by atoms with Crippen LogP contribution in [0.25, 0.3) is 6.08 Å². The van der Waals surface area contributed by atoms with E-state index < -0.39 is 0 Å². The number of aryl methyl sites for hydroxylation is 1. The van der Waals surface area contributed by atoms with Crippen molar-refractivity contribution >= 4 is 17.7 Å². The molecule has 0 aromatic heterocycles. The van der Waals surface area contributed by atoms with Gasteiger partial charge >= 0.3 is 0 Å². The van der Waals surface area contributed by atoms with E-state index in [0.29, 0.717) is 5.88 Å². The summed E-state index contributed by atoms with van der Waals surface area (Å²) in [5, 5.41) is 0. The van der Waals surface area contributed by atoms with E-state index in [0.717, 1.165) is 12.8 Å². The molecule has 0 nitrogen and oxygen atoms in total. The van der Waals surface area contributed by atoms with Crippen molar-refractivity contribution in [2.45, 2.75) is 12.8 Å². The van der Waals surface area contributed by atoms with Crippen LogP contribution in [0.5, 0.6) is 0 Å². The molecule has 0 unspecified atom stereocenters. The van der Waals surface area contributed by atoms with Crippen LogP contribution in [-0.4, -0.2) is 5.88 Å². The number of hydrogen-bond donors (Lipinski definition) is 0. The first-order valence-electron chi connectivity index (χ1n) is 4.24. The third kappa shape index (κ3) is 1.39. The molecule has 0 bridgehead atoms. The lowest BCUT2D eigenvalue weighted by atomic mass is 10.0. The van der Waals surface area contributed by atoms with Crippen molar-refractivity contribution in [1.29, 1.82) is 0 Å². The number of fused-ring (bicyclic) bond motifs is 1. The number of halogens is 1. The molecule has 0 N–H and O–H groups in total. The van der Waals surface area contributed by atoms with Gasteiger partial charge in [0.2, 0.25) is 0 Å². The molecular weight excluding hydrogens is 168 g/mol. The molecule has 0 atom stereocenters. The second kappa shape index (κ2) is 3.32. The van der Waals surface area contributed by atoms with Gasteiger partial charge in [-0.25, -0.2) is 0 Å². The highest BCUT2D eigenvalue weighted by molar-refractivity contribution is 6.17. The minimum atomic E-state index is 0.711. The molecule has 2 rings (SSSR count). The zero-order valence-corrected chi connectivity index (χ0v) is 7.64. The molecular formula is C11H11Cl. The number of hydrogen-bond acceptors (Lipinski definition) is 0. The lowest BCUT2D eigenvalue weighted by Gasteiger charge is -2.01. The van der Waals surface area contributed by atoms with Gasteiger partial charge in [0.15, 0.2) is 0 Å². The number of alkyl halides is 1. The Kier molecular flexibility index (Phi) is 2.18. The van der Waals surface area contributed by atoms with Crippen molar-refractivity contribution in [3.05, 3.63) is 41.0 Å². The molecule has 0 fully saturated rings. The average Bonchev–Trinajstić information content (AvgIpc) is 2.51. The standard InChI is InChI=1S/C11H11Cl/c12-7-6-9-4-5-10-2-1-3-11(10)8-9/h1,3-5,8H,2,6-7H2. The average molecular weight is 179 g/mol. The fraction of sp³-hybridized carbons (Fsp3) is 0.273. The van der Waals surface area contributed by atoms with E-state index in [9.17, 15) is 0 Å². The zero-order chi connectivity index (χ0) is 8.39. The lowest BCUT2D eigenvalue weighted by molar-refractivity contribution is 1.14. The van der Waals surface area contributed by atoms with Gasteiger partial charge in [-0.05, 0) is 29.5 Å². The van der Waals surface area contributed by atoms with Gasteiger partial charge in [-0.15, -0.1) is 11.6 Å². The van der Waals surface area contributed by atoms with E-state index in [2.05, 4.69) is 30.4 Å². The van der Waals surface area contributed by atoms with Crippen LogP contribution < -0.4 is 0 Å². The predicted molar refractivity (Wildman–Crippen MR) is 53.6 cm³/mol. The largest absolute Gasteiger partial charge is 0.126 e. The van der Waals surface area contributed by atoms with E-state index in [1.165, 1.54) is 16.7 Å². The summed E-state index contributed by atoms with van der Waals surface area (Å²) in [7, 11) is 0. The van der Waals surface area contributed by atoms with Crippen LogP contribution in [0.3, 0.4) is 0 Å². The van der Waals surface area contributed by atoms with Crippen LogP contribution in [0.4, 0.5) is 0 Å². The van der Waals surface area contributed by atoms with Crippen molar-refractivity contribution < 1.29 is 0 Å². The molecule has 0 amide bonds. The maximum Gasteiger partial charge on any atom is 0.0263 e. The van der Waals surface area contributed by atoms with E-state index in [1.54, 1.807) is 0 Å². The van der Waals surface area contributed by atoms with Crippen LogP contribution in [-0.2, 0) is 12.8 Å². The fourth-order valence-corrected chi connectivity index (χ4v) is 1.78. The quantitative estimate of drug-likeness (QED) is 0.611. The first-order chi connectivity index (χ1) is 5.90. The highest BCUT2D eigenvalue weighted by Gasteiger charge is 2.04. The monoisotopic (exact) mass is 178 g/mol. The minimum Gasteiger partial charge on any atom is -0.126 e. The van der Waals surface area contributed by atoms with Gasteiger partial charge in [0.05, 0.1) is 0 Å². The Morgan fingerprint density at radius 3 is 3.08 bits per heavy atom. The van der Waals surface area contributed by atoms with Gasteiger partial charge < -0.3 is 0 Å². The summed E-state index contributed by atoms with van der Waals surface area (Å²) in [5.74, 6) is 0.711. The molecule has 1 aliphatic carbocycles. The maximum absolute atomic E-state index is 5.67.